The van der Waals surface area contributed by atoms with Gasteiger partial charge in [-0.2, -0.15) is 0 Å². The van der Waals surface area contributed by atoms with Crippen molar-refractivity contribution < 1.29 is 0 Å². The normalized spacial score (nSPS) is 18.9. The van der Waals surface area contributed by atoms with E-state index in [-0.39, 0.29) is 0 Å². The second kappa shape index (κ2) is 5.94. The molecule has 0 bridgehead atoms. The average molecular weight is 205 g/mol. The third-order valence-electron chi connectivity index (χ3n) is 3.51. The van der Waals surface area contributed by atoms with Crippen LogP contribution in [-0.4, -0.2) is 9.55 Å². The summed E-state index contributed by atoms with van der Waals surface area (Å²) in [5.74, 6) is 1.00. The maximum Gasteiger partial charge on any atom is 0.108 e. The van der Waals surface area contributed by atoms with E-state index >= 15 is 0 Å². The van der Waals surface area contributed by atoms with Gasteiger partial charge in [-0.25, -0.2) is 4.98 Å². The molecule has 2 heteroatoms. The fourth-order valence-electron chi connectivity index (χ4n) is 2.59. The highest BCUT2D eigenvalue weighted by Crippen LogP contribution is 2.26. The minimum Gasteiger partial charge on any atom is -0.337 e. The lowest BCUT2D eigenvalue weighted by Crippen LogP contribution is -2.02. The number of hydrogen-bond donors (Lipinski definition) is 0. The predicted octanol–water partition coefficient (Wildman–Crippen LogP) is 3.43. The fraction of sp³-hybridized carbons (Fsp3) is 0.769. The van der Waals surface area contributed by atoms with E-state index in [1.54, 1.807) is 0 Å². The summed E-state index contributed by atoms with van der Waals surface area (Å²) in [5, 5.41) is 0. The number of rotatable bonds is 4. The molecule has 0 atom stereocenters. The van der Waals surface area contributed by atoms with Gasteiger partial charge in [-0.15, -0.1) is 0 Å². The third kappa shape index (κ3) is 3.69. The summed E-state index contributed by atoms with van der Waals surface area (Å²) in [4.78, 5) is 3.94. The zero-order chi connectivity index (χ0) is 10.3. The summed E-state index contributed by atoms with van der Waals surface area (Å²) in [7, 11) is 0. The van der Waals surface area contributed by atoms with Gasteiger partial charge in [0.25, 0.3) is 0 Å². The van der Waals surface area contributed by atoms with Crippen molar-refractivity contribution in [3.63, 3.8) is 0 Å². The van der Waals surface area contributed by atoms with E-state index < -0.39 is 0 Å². The number of aromatic nitrogens is 2. The van der Waals surface area contributed by atoms with Crippen LogP contribution >= 0.6 is 0 Å². The lowest BCUT2D eigenvalue weighted by molar-refractivity contribution is 0.401. The van der Waals surface area contributed by atoms with E-state index in [4.69, 9.17) is 0 Å². The summed E-state index contributed by atoms with van der Waals surface area (Å²) in [6.07, 6.45) is 18.1. The molecule has 2 rings (SSSR count). The molecule has 0 spiro atoms. The van der Waals surface area contributed by atoms with Gasteiger partial charge in [0, 0.05) is 12.7 Å². The molecule has 0 saturated heterocycles. The van der Waals surface area contributed by atoms with Gasteiger partial charge in [0.15, 0.2) is 0 Å². The first kappa shape index (κ1) is 10.7. The Labute approximate surface area is 92.7 Å². The molecule has 1 saturated carbocycles. The largest absolute Gasteiger partial charge is 0.337 e. The van der Waals surface area contributed by atoms with E-state index in [1.807, 2.05) is 12.5 Å². The zero-order valence-electron chi connectivity index (χ0n) is 9.49. The van der Waals surface area contributed by atoms with Crippen LogP contribution in [0, 0.1) is 12.1 Å². The van der Waals surface area contributed by atoms with Gasteiger partial charge in [0.05, 0.1) is 6.33 Å². The Bertz CT molecular complexity index is 246. The highest BCUT2D eigenvalue weighted by molar-refractivity contribution is 4.72. The van der Waals surface area contributed by atoms with Crippen molar-refractivity contribution in [2.75, 3.05) is 0 Å². The summed E-state index contributed by atoms with van der Waals surface area (Å²) >= 11 is 0. The molecule has 1 fully saturated rings. The van der Waals surface area contributed by atoms with Gasteiger partial charge in [0.2, 0.25) is 0 Å². The highest BCUT2D eigenvalue weighted by atomic mass is 15.0. The fourth-order valence-corrected chi connectivity index (χ4v) is 2.59. The van der Waals surface area contributed by atoms with Crippen molar-refractivity contribution in [1.82, 2.24) is 9.55 Å². The molecule has 0 N–H and O–H groups in total. The molecule has 0 amide bonds. The Kier molecular flexibility index (Phi) is 4.24. The van der Waals surface area contributed by atoms with Crippen LogP contribution in [0.25, 0.3) is 0 Å². The molecule has 1 heterocycles. The average Bonchev–Trinajstić information content (AvgIpc) is 2.62. The highest BCUT2D eigenvalue weighted by Gasteiger charge is 2.11. The lowest BCUT2D eigenvalue weighted by Gasteiger charge is -2.13. The molecular weight excluding hydrogens is 184 g/mol. The van der Waals surface area contributed by atoms with E-state index in [1.165, 1.54) is 51.4 Å². The number of hydrogen-bond acceptors (Lipinski definition) is 1. The Morgan fingerprint density at radius 3 is 2.67 bits per heavy atom. The third-order valence-corrected chi connectivity index (χ3v) is 3.51. The van der Waals surface area contributed by atoms with Crippen molar-refractivity contribution >= 4 is 0 Å². The van der Waals surface area contributed by atoms with Crippen LogP contribution in [0.15, 0.2) is 12.5 Å². The zero-order valence-corrected chi connectivity index (χ0v) is 9.49. The Morgan fingerprint density at radius 2 is 2.00 bits per heavy atom. The standard InChI is InChI=1S/C13H21N2/c1-2-4-7-13(6-3-1)8-5-10-15-11-9-14-12-15/h11-13H,1-8,10H2. The van der Waals surface area contributed by atoms with Gasteiger partial charge in [-0.05, 0) is 18.8 Å². The Balaban J connectivity index is 1.64. The topological polar surface area (TPSA) is 17.8 Å². The lowest BCUT2D eigenvalue weighted by atomic mass is 9.95. The van der Waals surface area contributed by atoms with Gasteiger partial charge < -0.3 is 4.57 Å². The summed E-state index contributed by atoms with van der Waals surface area (Å²) in [6.45, 7) is 1.12. The SMILES string of the molecule is [c]1cn(CCCC2CCCCCC2)cn1. The Morgan fingerprint density at radius 1 is 1.20 bits per heavy atom. The van der Waals surface area contributed by atoms with Gasteiger partial charge in [0.1, 0.15) is 6.20 Å². The smallest absolute Gasteiger partial charge is 0.108 e. The van der Waals surface area contributed by atoms with Crippen molar-refractivity contribution in [1.29, 1.82) is 0 Å². The molecule has 1 aromatic rings. The van der Waals surface area contributed by atoms with Crippen LogP contribution in [0.2, 0.25) is 0 Å². The first-order valence-corrected chi connectivity index (χ1v) is 6.33. The minimum absolute atomic E-state index is 1.00. The summed E-state index contributed by atoms with van der Waals surface area (Å²) in [5.41, 5.74) is 0. The second-order valence-corrected chi connectivity index (χ2v) is 4.74. The van der Waals surface area contributed by atoms with Crippen LogP contribution in [0.5, 0.6) is 0 Å². The van der Waals surface area contributed by atoms with Crippen molar-refractivity contribution in [2.45, 2.75) is 57.9 Å². The van der Waals surface area contributed by atoms with Crippen molar-refractivity contribution in [3.05, 3.63) is 18.7 Å². The first-order valence-electron chi connectivity index (χ1n) is 6.33. The molecule has 83 valence electrons. The Hall–Kier alpha value is -0.790. The second-order valence-electron chi connectivity index (χ2n) is 4.74. The molecule has 0 unspecified atom stereocenters. The molecule has 1 aliphatic rings. The van der Waals surface area contributed by atoms with Crippen LogP contribution in [0.4, 0.5) is 0 Å². The van der Waals surface area contributed by atoms with Gasteiger partial charge in [-0.3, -0.25) is 0 Å². The quantitative estimate of drug-likeness (QED) is 0.688. The van der Waals surface area contributed by atoms with E-state index in [0.29, 0.717) is 0 Å². The number of nitrogens with zero attached hydrogens (tertiary/aromatic N) is 2. The van der Waals surface area contributed by atoms with E-state index in [0.717, 1.165) is 12.5 Å². The number of imidazole rings is 1. The molecule has 15 heavy (non-hydrogen) atoms. The maximum atomic E-state index is 3.94. The molecule has 0 aliphatic heterocycles. The maximum absolute atomic E-state index is 3.94. The predicted molar refractivity (Wildman–Crippen MR) is 61.5 cm³/mol. The molecule has 1 aromatic heterocycles. The molecular formula is C13H21N2. The van der Waals surface area contributed by atoms with E-state index in [9.17, 15) is 0 Å². The van der Waals surface area contributed by atoms with Crippen LogP contribution < -0.4 is 0 Å². The van der Waals surface area contributed by atoms with E-state index in [2.05, 4.69) is 15.7 Å². The van der Waals surface area contributed by atoms with Crippen LogP contribution in [0.1, 0.15) is 51.4 Å². The molecule has 1 radical (unpaired) electrons. The van der Waals surface area contributed by atoms with Crippen molar-refractivity contribution in [3.8, 4) is 0 Å². The van der Waals surface area contributed by atoms with Crippen molar-refractivity contribution in [2.24, 2.45) is 5.92 Å². The summed E-state index contributed by atoms with van der Waals surface area (Å²) in [6, 6.07) is 0. The number of aryl methyl sites for hydroxylation is 1. The monoisotopic (exact) mass is 205 g/mol. The minimum atomic E-state index is 1.00. The molecule has 2 nitrogen and oxygen atoms in total. The van der Waals surface area contributed by atoms with Crippen LogP contribution in [0.3, 0.4) is 0 Å². The molecule has 1 aliphatic carbocycles. The van der Waals surface area contributed by atoms with Gasteiger partial charge >= 0.3 is 0 Å². The van der Waals surface area contributed by atoms with Gasteiger partial charge in [-0.1, -0.05) is 38.5 Å². The van der Waals surface area contributed by atoms with Crippen LogP contribution in [-0.2, 0) is 6.54 Å². The summed E-state index contributed by atoms with van der Waals surface area (Å²) < 4.78 is 2.14. The molecule has 0 aromatic carbocycles. The first-order chi connectivity index (χ1) is 7.45.